The molecule has 0 saturated heterocycles. The molecule has 0 fully saturated rings. The minimum atomic E-state index is -0.930. The number of nitrogens with zero attached hydrogens (tertiary/aromatic N) is 1. The van der Waals surface area contributed by atoms with Gasteiger partial charge in [-0.3, -0.25) is 19.7 Å². The maximum Gasteiger partial charge on any atom is 0.303 e. The van der Waals surface area contributed by atoms with E-state index in [1.807, 2.05) is 0 Å². The summed E-state index contributed by atoms with van der Waals surface area (Å²) >= 11 is 0. The van der Waals surface area contributed by atoms with Crippen molar-refractivity contribution >= 4 is 23.3 Å². The third kappa shape index (κ3) is 4.26. The van der Waals surface area contributed by atoms with Gasteiger partial charge >= 0.3 is 5.97 Å². The van der Waals surface area contributed by atoms with Crippen molar-refractivity contribution in [1.29, 1.82) is 0 Å². The molecular formula is C11H13N3O5. The van der Waals surface area contributed by atoms with Gasteiger partial charge in [-0.25, -0.2) is 0 Å². The average molecular weight is 267 g/mol. The zero-order valence-electron chi connectivity index (χ0n) is 9.96. The largest absolute Gasteiger partial charge is 0.481 e. The van der Waals surface area contributed by atoms with E-state index in [1.54, 1.807) is 0 Å². The highest BCUT2D eigenvalue weighted by atomic mass is 16.6. The number of nitro groups is 1. The minimum absolute atomic E-state index is 0.0276. The van der Waals surface area contributed by atoms with Gasteiger partial charge in [-0.1, -0.05) is 0 Å². The summed E-state index contributed by atoms with van der Waals surface area (Å²) in [4.78, 5) is 31.5. The smallest absolute Gasteiger partial charge is 0.303 e. The molecule has 4 N–H and O–H groups in total. The highest BCUT2D eigenvalue weighted by Gasteiger charge is 2.16. The third-order valence-electron chi connectivity index (χ3n) is 2.36. The first-order chi connectivity index (χ1) is 8.91. The second kappa shape index (κ2) is 6.34. The molecule has 1 aromatic carbocycles. The summed E-state index contributed by atoms with van der Waals surface area (Å²) in [6.45, 7) is 0.281. The number of nitrogens with one attached hydrogen (secondary N) is 1. The molecule has 0 aliphatic carbocycles. The van der Waals surface area contributed by atoms with Crippen LogP contribution in [-0.2, 0) is 4.79 Å². The second-order valence-electron chi connectivity index (χ2n) is 3.78. The van der Waals surface area contributed by atoms with Gasteiger partial charge in [0.05, 0.1) is 4.92 Å². The fourth-order valence-corrected chi connectivity index (χ4v) is 1.45. The predicted molar refractivity (Wildman–Crippen MR) is 67.0 cm³/mol. The summed E-state index contributed by atoms with van der Waals surface area (Å²) in [7, 11) is 0. The van der Waals surface area contributed by atoms with Crippen molar-refractivity contribution in [3.05, 3.63) is 33.9 Å². The number of nitrogens with two attached hydrogens (primary N) is 1. The summed E-state index contributed by atoms with van der Waals surface area (Å²) in [6, 6.07) is 3.83. The van der Waals surface area contributed by atoms with Gasteiger partial charge in [0.25, 0.3) is 5.69 Å². The molecule has 1 rings (SSSR count). The standard InChI is InChI=1S/C11H13N3O5/c12-11(17)7-3-4-8(9(6-7)14(18)19)13-5-1-2-10(15)16/h3-4,6,13H,1-2,5H2,(H2,12,17)(H,15,16). The van der Waals surface area contributed by atoms with Crippen LogP contribution < -0.4 is 11.1 Å². The van der Waals surface area contributed by atoms with Gasteiger partial charge in [0.15, 0.2) is 0 Å². The van der Waals surface area contributed by atoms with Crippen molar-refractivity contribution in [1.82, 2.24) is 0 Å². The van der Waals surface area contributed by atoms with Gasteiger partial charge in [0.1, 0.15) is 5.69 Å². The number of nitro benzene ring substituents is 1. The number of primary amides is 1. The van der Waals surface area contributed by atoms with Gasteiger partial charge in [-0.05, 0) is 18.6 Å². The van der Waals surface area contributed by atoms with Gasteiger partial charge < -0.3 is 16.2 Å². The van der Waals surface area contributed by atoms with Crippen LogP contribution in [0.1, 0.15) is 23.2 Å². The van der Waals surface area contributed by atoms with E-state index in [-0.39, 0.29) is 29.9 Å². The Bertz CT molecular complexity index is 515. The van der Waals surface area contributed by atoms with Crippen molar-refractivity contribution in [2.45, 2.75) is 12.8 Å². The Morgan fingerprint density at radius 2 is 2.11 bits per heavy atom. The molecule has 0 atom stereocenters. The molecule has 0 heterocycles. The summed E-state index contributed by atoms with van der Waals surface area (Å²) in [5.41, 5.74) is 5.04. The number of anilines is 1. The fraction of sp³-hybridized carbons (Fsp3) is 0.273. The first-order valence-electron chi connectivity index (χ1n) is 5.45. The molecule has 0 saturated carbocycles. The SMILES string of the molecule is NC(=O)c1ccc(NCCCC(=O)O)c([N+](=O)[O-])c1. The summed E-state index contributed by atoms with van der Waals surface area (Å²) in [5.74, 6) is -1.68. The Hall–Kier alpha value is -2.64. The number of rotatable bonds is 7. The number of benzene rings is 1. The Balaban J connectivity index is 2.79. The molecule has 0 unspecified atom stereocenters. The lowest BCUT2D eigenvalue weighted by molar-refractivity contribution is -0.384. The molecule has 8 nitrogen and oxygen atoms in total. The topological polar surface area (TPSA) is 136 Å². The van der Waals surface area contributed by atoms with E-state index in [2.05, 4.69) is 5.32 Å². The maximum atomic E-state index is 10.9. The molecule has 0 aromatic heterocycles. The number of amides is 1. The fourth-order valence-electron chi connectivity index (χ4n) is 1.45. The monoisotopic (exact) mass is 267 g/mol. The number of carboxylic acids is 1. The van der Waals surface area contributed by atoms with Gasteiger partial charge in [0, 0.05) is 24.6 Å². The van der Waals surface area contributed by atoms with Crippen molar-refractivity contribution < 1.29 is 19.6 Å². The molecule has 0 bridgehead atoms. The summed E-state index contributed by atoms with van der Waals surface area (Å²) in [6.07, 6.45) is 0.310. The van der Waals surface area contributed by atoms with E-state index in [9.17, 15) is 19.7 Å². The van der Waals surface area contributed by atoms with Crippen LogP contribution in [0, 0.1) is 10.1 Å². The van der Waals surface area contributed by atoms with Crippen LogP contribution in [0.4, 0.5) is 11.4 Å². The number of aliphatic carboxylic acids is 1. The van der Waals surface area contributed by atoms with Gasteiger partial charge in [0.2, 0.25) is 5.91 Å². The number of hydrogen-bond acceptors (Lipinski definition) is 5. The molecule has 1 aromatic rings. The number of carbonyl (C=O) groups excluding carboxylic acids is 1. The third-order valence-corrected chi connectivity index (χ3v) is 2.36. The van der Waals surface area contributed by atoms with Crippen LogP contribution in [0.15, 0.2) is 18.2 Å². The Morgan fingerprint density at radius 1 is 1.42 bits per heavy atom. The highest BCUT2D eigenvalue weighted by Crippen LogP contribution is 2.25. The van der Waals surface area contributed by atoms with Crippen LogP contribution >= 0.6 is 0 Å². The lowest BCUT2D eigenvalue weighted by Gasteiger charge is -2.07. The summed E-state index contributed by atoms with van der Waals surface area (Å²) in [5, 5.41) is 22.1. The van der Waals surface area contributed by atoms with Crippen LogP contribution in [0.3, 0.4) is 0 Å². The zero-order valence-corrected chi connectivity index (χ0v) is 9.96. The quantitative estimate of drug-likeness (QED) is 0.382. The molecule has 0 aliphatic rings. The normalized spacial score (nSPS) is 9.89. The molecule has 102 valence electrons. The van der Waals surface area contributed by atoms with Crippen molar-refractivity contribution in [3.63, 3.8) is 0 Å². The highest BCUT2D eigenvalue weighted by molar-refractivity contribution is 5.94. The Labute approximate surface area is 108 Å². The predicted octanol–water partition coefficient (Wildman–Crippen LogP) is 0.970. The number of carboxylic acid groups (broad SMARTS) is 1. The van der Waals surface area contributed by atoms with E-state index in [1.165, 1.54) is 12.1 Å². The first kappa shape index (κ1) is 14.4. The molecular weight excluding hydrogens is 254 g/mol. The Morgan fingerprint density at radius 3 is 2.63 bits per heavy atom. The van der Waals surface area contributed by atoms with Crippen LogP contribution in [0.25, 0.3) is 0 Å². The number of carbonyl (C=O) groups is 2. The number of hydrogen-bond donors (Lipinski definition) is 3. The van der Waals surface area contributed by atoms with Crippen LogP contribution in [0.5, 0.6) is 0 Å². The lowest BCUT2D eigenvalue weighted by atomic mass is 10.1. The zero-order chi connectivity index (χ0) is 14.4. The van der Waals surface area contributed by atoms with E-state index < -0.39 is 16.8 Å². The summed E-state index contributed by atoms with van der Waals surface area (Å²) < 4.78 is 0. The minimum Gasteiger partial charge on any atom is -0.481 e. The molecule has 8 heteroatoms. The van der Waals surface area contributed by atoms with E-state index in [0.29, 0.717) is 6.42 Å². The molecule has 0 spiro atoms. The molecule has 1 amide bonds. The second-order valence-corrected chi connectivity index (χ2v) is 3.78. The first-order valence-corrected chi connectivity index (χ1v) is 5.45. The van der Waals surface area contributed by atoms with E-state index >= 15 is 0 Å². The van der Waals surface area contributed by atoms with Crippen LogP contribution in [0.2, 0.25) is 0 Å². The Kier molecular flexibility index (Phi) is 4.81. The van der Waals surface area contributed by atoms with E-state index in [0.717, 1.165) is 6.07 Å². The van der Waals surface area contributed by atoms with Crippen molar-refractivity contribution in [3.8, 4) is 0 Å². The van der Waals surface area contributed by atoms with Crippen molar-refractivity contribution in [2.75, 3.05) is 11.9 Å². The molecule has 0 radical (unpaired) electrons. The van der Waals surface area contributed by atoms with Crippen molar-refractivity contribution in [2.24, 2.45) is 5.73 Å². The van der Waals surface area contributed by atoms with Crippen LogP contribution in [-0.4, -0.2) is 28.5 Å². The van der Waals surface area contributed by atoms with Gasteiger partial charge in [-0.2, -0.15) is 0 Å². The maximum absolute atomic E-state index is 10.9. The molecule has 19 heavy (non-hydrogen) atoms. The average Bonchev–Trinajstić information content (AvgIpc) is 2.34. The van der Waals surface area contributed by atoms with E-state index in [4.69, 9.17) is 10.8 Å². The molecule has 0 aliphatic heterocycles. The lowest BCUT2D eigenvalue weighted by Crippen LogP contribution is -2.12. The van der Waals surface area contributed by atoms with Gasteiger partial charge in [-0.15, -0.1) is 0 Å².